The maximum atomic E-state index is 10.2. The summed E-state index contributed by atoms with van der Waals surface area (Å²) >= 11 is 7.62. The smallest absolute Gasteiger partial charge is 0.225 e. The second-order valence-electron chi connectivity index (χ2n) is 4.89. The first-order chi connectivity index (χ1) is 11.3. The van der Waals surface area contributed by atoms with Crippen LogP contribution < -0.4 is 10.6 Å². The number of hydrogen-bond donors (Lipinski definition) is 2. The van der Waals surface area contributed by atoms with Gasteiger partial charge in [0.2, 0.25) is 11.7 Å². The third-order valence-electron chi connectivity index (χ3n) is 3.30. The van der Waals surface area contributed by atoms with Crippen molar-refractivity contribution < 1.29 is 4.79 Å². The van der Waals surface area contributed by atoms with E-state index in [0.29, 0.717) is 19.5 Å². The molecule has 0 aliphatic heterocycles. The van der Waals surface area contributed by atoms with Crippen molar-refractivity contribution in [3.63, 3.8) is 0 Å². The molecule has 0 aliphatic carbocycles. The molecule has 0 atom stereocenters. The van der Waals surface area contributed by atoms with Gasteiger partial charge < -0.3 is 10.6 Å². The topological polar surface area (TPSA) is 66.9 Å². The van der Waals surface area contributed by atoms with E-state index >= 15 is 0 Å². The molecule has 0 bridgehead atoms. The van der Waals surface area contributed by atoms with Crippen molar-refractivity contribution in [3.05, 3.63) is 41.7 Å². The molecule has 0 unspecified atom stereocenters. The van der Waals surface area contributed by atoms with E-state index in [-0.39, 0.29) is 5.28 Å². The molecule has 0 saturated heterocycles. The highest BCUT2D eigenvalue weighted by molar-refractivity contribution is 7.22. The van der Waals surface area contributed by atoms with Gasteiger partial charge in [-0.15, -0.1) is 11.3 Å². The zero-order valence-corrected chi connectivity index (χ0v) is 13.8. The second-order valence-corrected chi connectivity index (χ2v) is 6.26. The Balaban J connectivity index is 1.86. The number of rotatable bonds is 7. The lowest BCUT2D eigenvalue weighted by Crippen LogP contribution is -2.16. The summed E-state index contributed by atoms with van der Waals surface area (Å²) in [5, 5.41) is 7.09. The molecule has 0 saturated carbocycles. The van der Waals surface area contributed by atoms with Gasteiger partial charge in [0.05, 0.1) is 5.39 Å². The first kappa shape index (κ1) is 15.7. The van der Waals surface area contributed by atoms with Gasteiger partial charge in [-0.05, 0) is 29.7 Å². The minimum absolute atomic E-state index is 0.229. The van der Waals surface area contributed by atoms with Crippen LogP contribution >= 0.6 is 22.9 Å². The van der Waals surface area contributed by atoms with Gasteiger partial charge in [-0.2, -0.15) is 0 Å². The molecule has 1 aromatic carbocycles. The predicted octanol–water partition coefficient (Wildman–Crippen LogP) is 3.56. The third kappa shape index (κ3) is 3.78. The first-order valence-electron chi connectivity index (χ1n) is 7.21. The van der Waals surface area contributed by atoms with E-state index in [1.54, 1.807) is 11.3 Å². The summed E-state index contributed by atoms with van der Waals surface area (Å²) in [6, 6.07) is 12.2. The first-order valence-corrected chi connectivity index (χ1v) is 8.41. The molecular weight excluding hydrogens is 332 g/mol. The normalized spacial score (nSPS) is 10.7. The minimum atomic E-state index is 0.229. The van der Waals surface area contributed by atoms with Gasteiger partial charge in [0, 0.05) is 18.0 Å². The highest BCUT2D eigenvalue weighted by Gasteiger charge is 2.11. The summed E-state index contributed by atoms with van der Waals surface area (Å²) < 4.78 is 0. The minimum Gasteiger partial charge on any atom is -0.369 e. The molecule has 0 aliphatic rings. The molecule has 0 spiro atoms. The Morgan fingerprint density at radius 1 is 1.17 bits per heavy atom. The second kappa shape index (κ2) is 7.39. The lowest BCUT2D eigenvalue weighted by molar-refractivity contribution is -0.109. The van der Waals surface area contributed by atoms with Crippen molar-refractivity contribution >= 4 is 45.4 Å². The van der Waals surface area contributed by atoms with Gasteiger partial charge in [-0.25, -0.2) is 9.97 Å². The average Bonchev–Trinajstić information content (AvgIpc) is 2.99. The number of nitrogens with zero attached hydrogens (tertiary/aromatic N) is 2. The van der Waals surface area contributed by atoms with Crippen LogP contribution in [0.5, 0.6) is 0 Å². The van der Waals surface area contributed by atoms with E-state index in [4.69, 9.17) is 11.6 Å². The Bertz CT molecular complexity index is 806. The summed E-state index contributed by atoms with van der Waals surface area (Å²) in [6.07, 6.45) is 1.50. The predicted molar refractivity (Wildman–Crippen MR) is 95.0 cm³/mol. The third-order valence-corrected chi connectivity index (χ3v) is 4.54. The van der Waals surface area contributed by atoms with Gasteiger partial charge in [-0.1, -0.05) is 30.3 Å². The molecule has 0 fully saturated rings. The number of fused-ring (bicyclic) bond motifs is 1. The van der Waals surface area contributed by atoms with Crippen LogP contribution in [-0.4, -0.2) is 29.5 Å². The van der Waals surface area contributed by atoms with Crippen molar-refractivity contribution in [3.8, 4) is 10.4 Å². The van der Waals surface area contributed by atoms with Crippen molar-refractivity contribution in [2.75, 3.05) is 18.4 Å². The van der Waals surface area contributed by atoms with Crippen molar-refractivity contribution in [1.29, 1.82) is 0 Å². The molecule has 2 aromatic heterocycles. The maximum absolute atomic E-state index is 10.2. The highest BCUT2D eigenvalue weighted by atomic mass is 35.5. The van der Waals surface area contributed by atoms with Gasteiger partial charge >= 0.3 is 0 Å². The average molecular weight is 347 g/mol. The fraction of sp³-hybridized carbons (Fsp3) is 0.188. The quantitative estimate of drug-likeness (QED) is 0.390. The lowest BCUT2D eigenvalue weighted by atomic mass is 10.2. The molecule has 7 heteroatoms. The largest absolute Gasteiger partial charge is 0.369 e. The van der Waals surface area contributed by atoms with Crippen molar-refractivity contribution in [1.82, 2.24) is 15.3 Å². The van der Waals surface area contributed by atoms with Crippen LogP contribution in [0.25, 0.3) is 20.7 Å². The van der Waals surface area contributed by atoms with Gasteiger partial charge in [-0.3, -0.25) is 4.79 Å². The molecule has 5 nitrogen and oxygen atoms in total. The SMILES string of the molecule is O=CNCCCNc1nc(Cl)nc2sc(-c3ccccc3)cc12. The van der Waals surface area contributed by atoms with Crippen LogP contribution in [-0.2, 0) is 4.79 Å². The molecule has 1 amide bonds. The summed E-state index contributed by atoms with van der Waals surface area (Å²) in [5.41, 5.74) is 1.15. The fourth-order valence-electron chi connectivity index (χ4n) is 2.23. The van der Waals surface area contributed by atoms with Crippen LogP contribution in [0.4, 0.5) is 5.82 Å². The Labute approximate surface area is 142 Å². The number of carbonyl (C=O) groups excluding carboxylic acids is 1. The highest BCUT2D eigenvalue weighted by Crippen LogP contribution is 2.35. The van der Waals surface area contributed by atoms with Crippen molar-refractivity contribution in [2.24, 2.45) is 0 Å². The van der Waals surface area contributed by atoms with Gasteiger partial charge in [0.15, 0.2) is 0 Å². The van der Waals surface area contributed by atoms with Crippen molar-refractivity contribution in [2.45, 2.75) is 6.42 Å². The lowest BCUT2D eigenvalue weighted by Gasteiger charge is -2.06. The number of halogens is 1. The Morgan fingerprint density at radius 3 is 2.78 bits per heavy atom. The van der Waals surface area contributed by atoms with Gasteiger partial charge in [0.25, 0.3) is 0 Å². The number of anilines is 1. The van der Waals surface area contributed by atoms with Crippen LogP contribution in [0.15, 0.2) is 36.4 Å². The number of hydrogen-bond acceptors (Lipinski definition) is 5. The number of aromatic nitrogens is 2. The number of thiophene rings is 1. The van der Waals surface area contributed by atoms with Crippen LogP contribution in [0.1, 0.15) is 6.42 Å². The fourth-order valence-corrected chi connectivity index (χ4v) is 3.49. The van der Waals surface area contributed by atoms with Crippen LogP contribution in [0.3, 0.4) is 0 Å². The molecule has 118 valence electrons. The molecule has 0 radical (unpaired) electrons. The molecule has 23 heavy (non-hydrogen) atoms. The van der Waals surface area contributed by atoms with Crippen LogP contribution in [0, 0.1) is 0 Å². The summed E-state index contributed by atoms with van der Waals surface area (Å²) in [7, 11) is 0. The summed E-state index contributed by atoms with van der Waals surface area (Å²) in [4.78, 5) is 20.8. The number of carbonyl (C=O) groups is 1. The monoisotopic (exact) mass is 346 g/mol. The molecule has 3 rings (SSSR count). The summed E-state index contributed by atoms with van der Waals surface area (Å²) in [6.45, 7) is 1.32. The maximum Gasteiger partial charge on any atom is 0.225 e. The van der Waals surface area contributed by atoms with E-state index in [0.717, 1.165) is 32.9 Å². The zero-order valence-electron chi connectivity index (χ0n) is 12.3. The molecule has 2 heterocycles. The summed E-state index contributed by atoms with van der Waals surface area (Å²) in [5.74, 6) is 0.726. The van der Waals surface area contributed by atoms with Gasteiger partial charge in [0.1, 0.15) is 10.6 Å². The van der Waals surface area contributed by atoms with Crippen LogP contribution in [0.2, 0.25) is 5.28 Å². The van der Waals surface area contributed by atoms with E-state index in [1.165, 1.54) is 0 Å². The van der Waals surface area contributed by atoms with E-state index < -0.39 is 0 Å². The standard InChI is InChI=1S/C16H15ClN4OS/c17-16-20-14(19-8-4-7-18-10-22)12-9-13(23-15(12)21-16)11-5-2-1-3-6-11/h1-3,5-6,9-10H,4,7-8H2,(H,18,22)(H,19,20,21). The number of nitrogens with one attached hydrogen (secondary N) is 2. The van der Waals surface area contributed by atoms with E-state index in [1.807, 2.05) is 18.2 Å². The molecule has 2 N–H and O–H groups in total. The number of amides is 1. The Hall–Kier alpha value is -2.18. The zero-order chi connectivity index (χ0) is 16.1. The molecular formula is C16H15ClN4OS. The Morgan fingerprint density at radius 2 is 2.00 bits per heavy atom. The molecule has 3 aromatic rings. The van der Waals surface area contributed by atoms with E-state index in [2.05, 4.69) is 38.8 Å². The Kier molecular flexibility index (Phi) is 5.05. The number of benzene rings is 1. The van der Waals surface area contributed by atoms with E-state index in [9.17, 15) is 4.79 Å².